The van der Waals surface area contributed by atoms with Crippen LogP contribution in [0.1, 0.15) is 49.5 Å². The highest BCUT2D eigenvalue weighted by molar-refractivity contribution is 7.89. The third-order valence-corrected chi connectivity index (χ3v) is 7.21. The van der Waals surface area contributed by atoms with E-state index in [-0.39, 0.29) is 28.7 Å². The fourth-order valence-electron chi connectivity index (χ4n) is 3.45. The Labute approximate surface area is 172 Å². The first kappa shape index (κ1) is 21.3. The molecule has 2 N–H and O–H groups in total. The zero-order chi connectivity index (χ0) is 21.2. The third kappa shape index (κ3) is 4.79. The van der Waals surface area contributed by atoms with Gasteiger partial charge in [0.15, 0.2) is 0 Å². The number of nitrogens with one attached hydrogen (secondary N) is 1. The van der Waals surface area contributed by atoms with Crippen molar-refractivity contribution in [2.75, 3.05) is 13.1 Å². The number of carbonyl (C=O) groups excluding carboxylic acids is 1. The minimum absolute atomic E-state index is 0.0357. The van der Waals surface area contributed by atoms with Crippen LogP contribution in [0.2, 0.25) is 0 Å². The number of carbonyl (C=O) groups is 1. The highest BCUT2D eigenvalue weighted by atomic mass is 32.2. The van der Waals surface area contributed by atoms with Crippen LogP contribution in [0.4, 0.5) is 0 Å². The molecule has 1 aliphatic heterocycles. The Morgan fingerprint density at radius 3 is 2.17 bits per heavy atom. The summed E-state index contributed by atoms with van der Waals surface area (Å²) in [5.41, 5.74) is 1.27. The lowest BCUT2D eigenvalue weighted by molar-refractivity contribution is 0.0921. The van der Waals surface area contributed by atoms with Crippen LogP contribution < -0.4 is 5.32 Å². The Morgan fingerprint density at radius 1 is 1.03 bits per heavy atom. The van der Waals surface area contributed by atoms with Gasteiger partial charge in [0.05, 0.1) is 10.5 Å². The summed E-state index contributed by atoms with van der Waals surface area (Å²) < 4.78 is 27.4. The van der Waals surface area contributed by atoms with Gasteiger partial charge in [-0.25, -0.2) is 8.42 Å². The SMILES string of the molecule is CC(C)(C)c1ccc(S(=O)(=O)N2CCC(NC(=O)c3ccccc3O)CC2)cc1. The number of phenols is 1. The standard InChI is InChI=1S/C22H28N2O4S/c1-22(2,3)16-8-10-18(11-9-16)29(27,28)24-14-12-17(13-15-24)23-21(26)19-6-4-5-7-20(19)25/h4-11,17,25H,12-15H2,1-3H3,(H,23,26). The molecule has 1 aliphatic rings. The first-order valence-corrected chi connectivity index (χ1v) is 11.2. The van der Waals surface area contributed by atoms with E-state index in [9.17, 15) is 18.3 Å². The van der Waals surface area contributed by atoms with Gasteiger partial charge in [0.25, 0.3) is 5.91 Å². The molecule has 1 fully saturated rings. The molecule has 29 heavy (non-hydrogen) atoms. The smallest absolute Gasteiger partial charge is 0.255 e. The Kier molecular flexibility index (Phi) is 6.00. The Bertz CT molecular complexity index is 971. The second-order valence-electron chi connectivity index (χ2n) is 8.44. The van der Waals surface area contributed by atoms with Gasteiger partial charge in [0.1, 0.15) is 5.75 Å². The molecular weight excluding hydrogens is 388 g/mol. The average Bonchev–Trinajstić information content (AvgIpc) is 2.68. The first-order valence-electron chi connectivity index (χ1n) is 9.78. The fraction of sp³-hybridized carbons (Fsp3) is 0.409. The van der Waals surface area contributed by atoms with Crippen molar-refractivity contribution in [2.24, 2.45) is 0 Å². The van der Waals surface area contributed by atoms with Gasteiger partial charge in [-0.05, 0) is 48.1 Å². The largest absolute Gasteiger partial charge is 0.507 e. The molecule has 0 aromatic heterocycles. The molecule has 3 rings (SSSR count). The molecule has 2 aromatic carbocycles. The Balaban J connectivity index is 1.62. The van der Waals surface area contributed by atoms with Crippen molar-refractivity contribution in [1.82, 2.24) is 9.62 Å². The number of aromatic hydroxyl groups is 1. The van der Waals surface area contributed by atoms with Crippen molar-refractivity contribution in [3.8, 4) is 5.75 Å². The second kappa shape index (κ2) is 8.16. The summed E-state index contributed by atoms with van der Waals surface area (Å²) in [6.45, 7) is 6.95. The van der Waals surface area contributed by atoms with E-state index in [0.29, 0.717) is 30.8 Å². The molecule has 156 valence electrons. The molecule has 0 spiro atoms. The van der Waals surface area contributed by atoms with Gasteiger partial charge in [0, 0.05) is 19.1 Å². The van der Waals surface area contributed by atoms with Crippen LogP contribution in [0.25, 0.3) is 0 Å². The van der Waals surface area contributed by atoms with Crippen LogP contribution in [-0.4, -0.2) is 42.9 Å². The maximum atomic E-state index is 12.9. The highest BCUT2D eigenvalue weighted by Gasteiger charge is 2.30. The highest BCUT2D eigenvalue weighted by Crippen LogP contribution is 2.26. The fourth-order valence-corrected chi connectivity index (χ4v) is 4.91. The van der Waals surface area contributed by atoms with Gasteiger partial charge in [0.2, 0.25) is 10.0 Å². The number of rotatable bonds is 4. The lowest BCUT2D eigenvalue weighted by Crippen LogP contribution is -2.46. The summed E-state index contributed by atoms with van der Waals surface area (Å²) in [7, 11) is -3.55. The second-order valence-corrected chi connectivity index (χ2v) is 10.4. The number of nitrogens with zero attached hydrogens (tertiary/aromatic N) is 1. The average molecular weight is 417 g/mol. The van der Waals surface area contributed by atoms with Crippen LogP contribution in [-0.2, 0) is 15.4 Å². The van der Waals surface area contributed by atoms with E-state index >= 15 is 0 Å². The molecule has 6 nitrogen and oxygen atoms in total. The van der Waals surface area contributed by atoms with E-state index in [2.05, 4.69) is 26.1 Å². The predicted octanol–water partition coefficient (Wildman–Crippen LogP) is 3.27. The molecule has 1 heterocycles. The van der Waals surface area contributed by atoms with Crippen LogP contribution in [0.15, 0.2) is 53.4 Å². The number of sulfonamides is 1. The maximum absolute atomic E-state index is 12.9. The van der Waals surface area contributed by atoms with Gasteiger partial charge in [-0.15, -0.1) is 0 Å². The molecule has 0 bridgehead atoms. The first-order chi connectivity index (χ1) is 13.6. The number of hydrogen-bond acceptors (Lipinski definition) is 4. The van der Waals surface area contributed by atoms with Crippen molar-refractivity contribution in [3.63, 3.8) is 0 Å². The number of phenolic OH excluding ortho intramolecular Hbond substituents is 1. The van der Waals surface area contributed by atoms with Gasteiger partial charge in [-0.2, -0.15) is 4.31 Å². The number of para-hydroxylation sites is 1. The quantitative estimate of drug-likeness (QED) is 0.801. The van der Waals surface area contributed by atoms with E-state index in [4.69, 9.17) is 0 Å². The van der Waals surface area contributed by atoms with Crippen LogP contribution >= 0.6 is 0 Å². The number of amides is 1. The normalized spacial score (nSPS) is 16.5. The zero-order valence-corrected chi connectivity index (χ0v) is 17.9. The van der Waals surface area contributed by atoms with E-state index < -0.39 is 10.0 Å². The summed E-state index contributed by atoms with van der Waals surface area (Å²) >= 11 is 0. The topological polar surface area (TPSA) is 86.7 Å². The van der Waals surface area contributed by atoms with Gasteiger partial charge >= 0.3 is 0 Å². The zero-order valence-electron chi connectivity index (χ0n) is 17.1. The molecule has 2 aromatic rings. The molecule has 1 amide bonds. The number of hydrogen-bond donors (Lipinski definition) is 2. The van der Waals surface area contributed by atoms with E-state index in [1.54, 1.807) is 30.3 Å². The maximum Gasteiger partial charge on any atom is 0.255 e. The molecule has 0 unspecified atom stereocenters. The van der Waals surface area contributed by atoms with E-state index in [0.717, 1.165) is 5.56 Å². The monoisotopic (exact) mass is 416 g/mol. The molecule has 0 atom stereocenters. The summed E-state index contributed by atoms with van der Waals surface area (Å²) in [5, 5.41) is 12.7. The molecule has 0 aliphatic carbocycles. The van der Waals surface area contributed by atoms with Crippen molar-refractivity contribution >= 4 is 15.9 Å². The minimum Gasteiger partial charge on any atom is -0.507 e. The van der Waals surface area contributed by atoms with Crippen LogP contribution in [0.5, 0.6) is 5.75 Å². The number of benzene rings is 2. The summed E-state index contributed by atoms with van der Waals surface area (Å²) in [6, 6.07) is 13.3. The summed E-state index contributed by atoms with van der Waals surface area (Å²) in [4.78, 5) is 12.6. The molecule has 0 radical (unpaired) electrons. The predicted molar refractivity (Wildman–Crippen MR) is 112 cm³/mol. The Morgan fingerprint density at radius 2 is 1.62 bits per heavy atom. The number of piperidine rings is 1. The lowest BCUT2D eigenvalue weighted by atomic mass is 9.87. The molecule has 7 heteroatoms. The van der Waals surface area contributed by atoms with Crippen LogP contribution in [0, 0.1) is 0 Å². The summed E-state index contributed by atoms with van der Waals surface area (Å²) in [6.07, 6.45) is 1.05. The minimum atomic E-state index is -3.55. The molecule has 1 saturated heterocycles. The van der Waals surface area contributed by atoms with E-state index in [1.807, 2.05) is 12.1 Å². The van der Waals surface area contributed by atoms with Gasteiger partial charge in [-0.3, -0.25) is 4.79 Å². The van der Waals surface area contributed by atoms with Gasteiger partial charge < -0.3 is 10.4 Å². The van der Waals surface area contributed by atoms with E-state index in [1.165, 1.54) is 10.4 Å². The van der Waals surface area contributed by atoms with Gasteiger partial charge in [-0.1, -0.05) is 45.0 Å². The lowest BCUT2D eigenvalue weighted by Gasteiger charge is -2.31. The summed E-state index contributed by atoms with van der Waals surface area (Å²) in [5.74, 6) is -0.411. The van der Waals surface area contributed by atoms with Crippen LogP contribution in [0.3, 0.4) is 0 Å². The molecule has 0 saturated carbocycles. The molecular formula is C22H28N2O4S. The van der Waals surface area contributed by atoms with Crippen molar-refractivity contribution in [2.45, 2.75) is 50.0 Å². The van der Waals surface area contributed by atoms with Crippen molar-refractivity contribution in [3.05, 3.63) is 59.7 Å². The Hall–Kier alpha value is -2.38. The van der Waals surface area contributed by atoms with Crippen molar-refractivity contribution in [1.29, 1.82) is 0 Å². The third-order valence-electron chi connectivity index (χ3n) is 5.30. The van der Waals surface area contributed by atoms with Crippen molar-refractivity contribution < 1.29 is 18.3 Å².